The Morgan fingerprint density at radius 3 is 2.68 bits per heavy atom. The highest BCUT2D eigenvalue weighted by atomic mass is 79.9. The lowest BCUT2D eigenvalue weighted by atomic mass is 10.2. The Morgan fingerprint density at radius 1 is 1.25 bits per heavy atom. The Bertz CT molecular complexity index is 1130. The lowest BCUT2D eigenvalue weighted by molar-refractivity contribution is 0.602. The lowest BCUT2D eigenvalue weighted by Gasteiger charge is -2.14. The number of hydrogen-bond acceptors (Lipinski definition) is 7. The van der Waals surface area contributed by atoms with Crippen molar-refractivity contribution in [1.82, 2.24) is 9.97 Å². The summed E-state index contributed by atoms with van der Waals surface area (Å²) in [6.07, 6.45) is 0.624. The minimum Gasteiger partial charge on any atom is -0.366 e. The average Bonchev–Trinajstić information content (AvgIpc) is 3.13. The number of thioether (sulfide) groups is 1. The molecule has 1 saturated heterocycles. The van der Waals surface area contributed by atoms with Gasteiger partial charge in [0.15, 0.2) is 9.84 Å². The summed E-state index contributed by atoms with van der Waals surface area (Å²) in [6, 6.07) is 8.08. The molecular formula is C19H20BrN3O2S3. The van der Waals surface area contributed by atoms with Gasteiger partial charge in [-0.3, -0.25) is 0 Å². The van der Waals surface area contributed by atoms with Gasteiger partial charge >= 0.3 is 0 Å². The third-order valence-corrected chi connectivity index (χ3v) is 9.24. The van der Waals surface area contributed by atoms with Crippen LogP contribution in [0.2, 0.25) is 0 Å². The monoisotopic (exact) mass is 497 g/mol. The molecule has 1 aromatic carbocycles. The summed E-state index contributed by atoms with van der Waals surface area (Å²) in [5.74, 6) is 2.59. The molecule has 1 aliphatic heterocycles. The molecule has 28 heavy (non-hydrogen) atoms. The van der Waals surface area contributed by atoms with Gasteiger partial charge in [-0.05, 0) is 50.1 Å². The molecule has 148 valence electrons. The van der Waals surface area contributed by atoms with Gasteiger partial charge in [0.05, 0.1) is 22.6 Å². The zero-order valence-corrected chi connectivity index (χ0v) is 19.6. The molecule has 5 nitrogen and oxygen atoms in total. The van der Waals surface area contributed by atoms with E-state index in [0.29, 0.717) is 12.2 Å². The van der Waals surface area contributed by atoms with E-state index in [1.807, 2.05) is 12.1 Å². The summed E-state index contributed by atoms with van der Waals surface area (Å²) in [5.41, 5.74) is 1.16. The summed E-state index contributed by atoms with van der Waals surface area (Å²) in [5, 5.41) is 4.42. The van der Waals surface area contributed by atoms with E-state index in [9.17, 15) is 8.42 Å². The molecule has 0 spiro atoms. The highest BCUT2D eigenvalue weighted by Gasteiger charge is 2.29. The first kappa shape index (κ1) is 20.1. The van der Waals surface area contributed by atoms with Crippen LogP contribution in [0.15, 0.2) is 33.6 Å². The number of rotatable bonds is 5. The molecule has 1 N–H and O–H groups in total. The van der Waals surface area contributed by atoms with Crippen LogP contribution in [0.1, 0.15) is 22.7 Å². The molecule has 0 saturated carbocycles. The van der Waals surface area contributed by atoms with Crippen LogP contribution in [0, 0.1) is 13.8 Å². The van der Waals surface area contributed by atoms with Crippen molar-refractivity contribution < 1.29 is 8.42 Å². The number of nitrogens with one attached hydrogen (secondary N) is 1. The Labute approximate surface area is 181 Å². The number of benzene rings is 1. The fourth-order valence-electron chi connectivity index (χ4n) is 3.24. The number of thiophene rings is 1. The van der Waals surface area contributed by atoms with Gasteiger partial charge in [-0.15, -0.1) is 23.1 Å². The Balaban J connectivity index is 1.63. The van der Waals surface area contributed by atoms with E-state index in [1.165, 1.54) is 4.88 Å². The summed E-state index contributed by atoms with van der Waals surface area (Å²) in [7, 11) is -2.94. The molecule has 1 aliphatic rings. The average molecular weight is 498 g/mol. The number of sulfone groups is 1. The van der Waals surface area contributed by atoms with Gasteiger partial charge in [0, 0.05) is 20.3 Å². The maximum absolute atomic E-state index is 11.8. The predicted octanol–water partition coefficient (Wildman–Crippen LogP) is 4.96. The van der Waals surface area contributed by atoms with Crippen LogP contribution < -0.4 is 5.32 Å². The molecule has 0 radical (unpaired) electrons. The first-order valence-corrected chi connectivity index (χ1v) is 13.3. The van der Waals surface area contributed by atoms with Gasteiger partial charge in [-0.2, -0.15) is 0 Å². The molecule has 0 bridgehead atoms. The van der Waals surface area contributed by atoms with E-state index in [-0.39, 0.29) is 17.5 Å². The van der Waals surface area contributed by atoms with E-state index >= 15 is 0 Å². The van der Waals surface area contributed by atoms with Crippen molar-refractivity contribution >= 4 is 64.9 Å². The van der Waals surface area contributed by atoms with E-state index in [0.717, 1.165) is 36.8 Å². The Hall–Kier alpha value is -1.16. The molecule has 0 amide bonds. The van der Waals surface area contributed by atoms with Crippen LogP contribution in [-0.4, -0.2) is 35.9 Å². The zero-order valence-electron chi connectivity index (χ0n) is 15.5. The number of hydrogen-bond donors (Lipinski definition) is 1. The normalized spacial score (nSPS) is 18.6. The van der Waals surface area contributed by atoms with Crippen LogP contribution in [-0.2, 0) is 15.6 Å². The molecule has 1 atom stereocenters. The number of fused-ring (bicyclic) bond motifs is 1. The molecule has 2 aromatic heterocycles. The largest absolute Gasteiger partial charge is 0.366 e. The first-order chi connectivity index (χ1) is 13.3. The number of aryl methyl sites for hydroxylation is 2. The van der Waals surface area contributed by atoms with Crippen molar-refractivity contribution in [2.45, 2.75) is 37.0 Å². The number of nitrogens with zero attached hydrogens (tertiary/aromatic N) is 2. The molecule has 4 rings (SSSR count). The Morgan fingerprint density at radius 2 is 2.00 bits per heavy atom. The van der Waals surface area contributed by atoms with Gasteiger partial charge < -0.3 is 5.32 Å². The molecule has 0 unspecified atom stereocenters. The van der Waals surface area contributed by atoms with Crippen LogP contribution in [0.3, 0.4) is 0 Å². The smallest absolute Gasteiger partial charge is 0.152 e. The van der Waals surface area contributed by atoms with Crippen molar-refractivity contribution in [2.24, 2.45) is 0 Å². The fraction of sp³-hybridized carbons (Fsp3) is 0.368. The van der Waals surface area contributed by atoms with Gasteiger partial charge in [0.2, 0.25) is 0 Å². The van der Waals surface area contributed by atoms with Crippen molar-refractivity contribution in [1.29, 1.82) is 0 Å². The fourth-order valence-corrected chi connectivity index (χ4v) is 6.98. The van der Waals surface area contributed by atoms with Crippen molar-refractivity contribution in [2.75, 3.05) is 16.8 Å². The van der Waals surface area contributed by atoms with E-state index in [1.54, 1.807) is 23.1 Å². The molecule has 1 fully saturated rings. The number of aromatic nitrogens is 2. The van der Waals surface area contributed by atoms with E-state index in [2.05, 4.69) is 47.2 Å². The van der Waals surface area contributed by atoms with Crippen LogP contribution in [0.5, 0.6) is 0 Å². The summed E-state index contributed by atoms with van der Waals surface area (Å²) < 4.78 is 24.7. The maximum atomic E-state index is 11.8. The zero-order chi connectivity index (χ0) is 19.9. The van der Waals surface area contributed by atoms with Crippen molar-refractivity contribution in [3.8, 4) is 0 Å². The lowest BCUT2D eigenvalue weighted by Crippen LogP contribution is -2.21. The van der Waals surface area contributed by atoms with E-state index < -0.39 is 9.84 Å². The van der Waals surface area contributed by atoms with Gasteiger partial charge in [0.25, 0.3) is 0 Å². The molecule has 3 aromatic rings. The van der Waals surface area contributed by atoms with Crippen molar-refractivity contribution in [3.05, 3.63) is 45.0 Å². The highest BCUT2D eigenvalue weighted by molar-refractivity contribution is 9.10. The van der Waals surface area contributed by atoms with Crippen LogP contribution in [0.25, 0.3) is 10.2 Å². The van der Waals surface area contributed by atoms with E-state index in [4.69, 9.17) is 9.97 Å². The minimum absolute atomic E-state index is 0.0883. The third-order valence-electron chi connectivity index (χ3n) is 4.83. The van der Waals surface area contributed by atoms with Gasteiger partial charge in [0.1, 0.15) is 16.5 Å². The minimum atomic E-state index is -2.94. The summed E-state index contributed by atoms with van der Waals surface area (Å²) >= 11 is 6.80. The highest BCUT2D eigenvalue weighted by Crippen LogP contribution is 2.35. The molecule has 0 aliphatic carbocycles. The molecule has 3 heterocycles. The quantitative estimate of drug-likeness (QED) is 0.502. The maximum Gasteiger partial charge on any atom is 0.152 e. The third kappa shape index (κ3) is 4.37. The second-order valence-electron chi connectivity index (χ2n) is 6.94. The topological polar surface area (TPSA) is 72.0 Å². The standard InChI is InChI=1S/C19H20BrN3O2S3/c1-11-12(2)27-19-17(11)18(21-14-7-8-28(24,25)10-14)22-16(23-19)9-26-15-5-3-13(20)4-6-15/h3-6,14H,7-10H2,1-2H3,(H,21,22,23)/t14-/m1/s1. The van der Waals surface area contributed by atoms with Gasteiger partial charge in [-0.25, -0.2) is 18.4 Å². The SMILES string of the molecule is Cc1sc2nc(CSc3ccc(Br)cc3)nc(N[C@@H]3CCS(=O)(=O)C3)c2c1C. The van der Waals surface area contributed by atoms with Crippen LogP contribution in [0.4, 0.5) is 5.82 Å². The van der Waals surface area contributed by atoms with Gasteiger partial charge in [-0.1, -0.05) is 15.9 Å². The Kier molecular flexibility index (Phi) is 5.70. The van der Waals surface area contributed by atoms with Crippen molar-refractivity contribution in [3.63, 3.8) is 0 Å². The number of halogens is 1. The molecule has 9 heteroatoms. The second-order valence-corrected chi connectivity index (χ2v) is 12.3. The predicted molar refractivity (Wildman–Crippen MR) is 121 cm³/mol. The molecular weight excluding hydrogens is 478 g/mol. The number of anilines is 1. The summed E-state index contributed by atoms with van der Waals surface area (Å²) in [4.78, 5) is 12.9. The second kappa shape index (κ2) is 7.93. The summed E-state index contributed by atoms with van der Waals surface area (Å²) in [6.45, 7) is 4.16. The first-order valence-electron chi connectivity index (χ1n) is 8.93. The van der Waals surface area contributed by atoms with Crippen LogP contribution >= 0.6 is 39.0 Å².